The molecule has 0 atom stereocenters. The predicted octanol–water partition coefficient (Wildman–Crippen LogP) is 1.30. The second-order valence-electron chi connectivity index (χ2n) is 3.60. The van der Waals surface area contributed by atoms with E-state index in [1.165, 1.54) is 0 Å². The van der Waals surface area contributed by atoms with Crippen molar-refractivity contribution in [3.8, 4) is 0 Å². The molecular weight excluding hydrogens is 188 g/mol. The summed E-state index contributed by atoms with van der Waals surface area (Å²) in [6.45, 7) is 1.94. The van der Waals surface area contributed by atoms with Crippen LogP contribution in [-0.2, 0) is 13.5 Å². The molecule has 0 amide bonds. The van der Waals surface area contributed by atoms with E-state index >= 15 is 0 Å². The second kappa shape index (κ2) is 3.73. The van der Waals surface area contributed by atoms with E-state index in [0.29, 0.717) is 0 Å². The summed E-state index contributed by atoms with van der Waals surface area (Å²) in [6, 6.07) is 7.83. The zero-order valence-electron chi connectivity index (χ0n) is 8.94. The van der Waals surface area contributed by atoms with Gasteiger partial charge < -0.3 is 10.3 Å². The number of aryl methyl sites for hydroxylation is 1. The topological polar surface area (TPSA) is 56.7 Å². The minimum atomic E-state index is 0.726. The summed E-state index contributed by atoms with van der Waals surface area (Å²) in [4.78, 5) is 0. The van der Waals surface area contributed by atoms with Gasteiger partial charge >= 0.3 is 0 Å². The molecule has 0 aliphatic heterocycles. The van der Waals surface area contributed by atoms with Crippen molar-refractivity contribution in [3.05, 3.63) is 41.5 Å². The van der Waals surface area contributed by atoms with E-state index in [-0.39, 0.29) is 0 Å². The van der Waals surface area contributed by atoms with Gasteiger partial charge in [0.25, 0.3) is 0 Å². The first-order valence-electron chi connectivity index (χ1n) is 4.86. The van der Waals surface area contributed by atoms with Crippen molar-refractivity contribution in [1.82, 2.24) is 14.8 Å². The molecule has 4 heteroatoms. The lowest BCUT2D eigenvalue weighted by atomic mass is 10.1. The Hall–Kier alpha value is -1.84. The fraction of sp³-hybridized carbons (Fsp3) is 0.273. The number of nitrogens with two attached hydrogens (primary N) is 1. The number of hydrogen-bond donors (Lipinski definition) is 1. The summed E-state index contributed by atoms with van der Waals surface area (Å²) in [5.41, 5.74) is 7.76. The molecule has 1 aromatic heterocycles. The van der Waals surface area contributed by atoms with Crippen molar-refractivity contribution >= 4 is 5.69 Å². The smallest absolute Gasteiger partial charge is 0.137 e. The SMILES string of the molecule is Cc1nnc(Cc2ccccc2N)n1C. The van der Waals surface area contributed by atoms with Crippen LogP contribution in [0.3, 0.4) is 0 Å². The zero-order chi connectivity index (χ0) is 10.8. The van der Waals surface area contributed by atoms with Crippen LogP contribution < -0.4 is 5.73 Å². The van der Waals surface area contributed by atoms with Gasteiger partial charge in [0.15, 0.2) is 0 Å². The molecular formula is C11H14N4. The van der Waals surface area contributed by atoms with Crippen LogP contribution in [0, 0.1) is 6.92 Å². The quantitative estimate of drug-likeness (QED) is 0.747. The van der Waals surface area contributed by atoms with Crippen LogP contribution in [0.15, 0.2) is 24.3 Å². The van der Waals surface area contributed by atoms with Crippen molar-refractivity contribution < 1.29 is 0 Å². The Morgan fingerprint density at radius 2 is 2.00 bits per heavy atom. The average molecular weight is 202 g/mol. The molecule has 0 aliphatic carbocycles. The molecule has 2 aromatic rings. The van der Waals surface area contributed by atoms with Crippen LogP contribution in [-0.4, -0.2) is 14.8 Å². The molecule has 2 rings (SSSR count). The summed E-state index contributed by atoms with van der Waals surface area (Å²) in [5, 5.41) is 8.12. The highest BCUT2D eigenvalue weighted by molar-refractivity contribution is 5.47. The third-order valence-electron chi connectivity index (χ3n) is 2.59. The van der Waals surface area contributed by atoms with Crippen LogP contribution in [0.4, 0.5) is 5.69 Å². The van der Waals surface area contributed by atoms with Gasteiger partial charge in [-0.2, -0.15) is 0 Å². The van der Waals surface area contributed by atoms with Gasteiger partial charge in [0.1, 0.15) is 11.6 Å². The molecule has 4 nitrogen and oxygen atoms in total. The number of hydrogen-bond acceptors (Lipinski definition) is 3. The molecule has 0 aliphatic rings. The van der Waals surface area contributed by atoms with Crippen molar-refractivity contribution in [3.63, 3.8) is 0 Å². The van der Waals surface area contributed by atoms with E-state index in [2.05, 4.69) is 10.2 Å². The third-order valence-corrected chi connectivity index (χ3v) is 2.59. The highest BCUT2D eigenvalue weighted by atomic mass is 15.3. The first-order valence-corrected chi connectivity index (χ1v) is 4.86. The Balaban J connectivity index is 2.30. The minimum Gasteiger partial charge on any atom is -0.398 e. The first kappa shape index (κ1) is 9.71. The van der Waals surface area contributed by atoms with Crippen LogP contribution in [0.5, 0.6) is 0 Å². The summed E-state index contributed by atoms with van der Waals surface area (Å²) < 4.78 is 1.98. The molecule has 2 N–H and O–H groups in total. The lowest BCUT2D eigenvalue weighted by Crippen LogP contribution is -2.02. The molecule has 0 saturated heterocycles. The van der Waals surface area contributed by atoms with Gasteiger partial charge in [-0.3, -0.25) is 0 Å². The van der Waals surface area contributed by atoms with Crippen LogP contribution in [0.2, 0.25) is 0 Å². The van der Waals surface area contributed by atoms with E-state index in [1.54, 1.807) is 0 Å². The molecule has 0 bridgehead atoms. The maximum atomic E-state index is 5.87. The molecule has 0 spiro atoms. The number of para-hydroxylation sites is 1. The van der Waals surface area contributed by atoms with Gasteiger partial charge in [-0.25, -0.2) is 0 Å². The Labute approximate surface area is 88.8 Å². The van der Waals surface area contributed by atoms with Gasteiger partial charge in [0.2, 0.25) is 0 Å². The van der Waals surface area contributed by atoms with E-state index < -0.39 is 0 Å². The Bertz CT molecular complexity index is 473. The number of nitrogens with zero attached hydrogens (tertiary/aromatic N) is 3. The fourth-order valence-corrected chi connectivity index (χ4v) is 1.47. The highest BCUT2D eigenvalue weighted by Gasteiger charge is 2.07. The number of nitrogen functional groups attached to an aromatic ring is 1. The van der Waals surface area contributed by atoms with Crippen molar-refractivity contribution in [1.29, 1.82) is 0 Å². The Kier molecular flexibility index (Phi) is 2.41. The lowest BCUT2D eigenvalue weighted by molar-refractivity contribution is 0.797. The number of rotatable bonds is 2. The van der Waals surface area contributed by atoms with Crippen LogP contribution >= 0.6 is 0 Å². The van der Waals surface area contributed by atoms with E-state index in [0.717, 1.165) is 29.3 Å². The van der Waals surface area contributed by atoms with Gasteiger partial charge in [-0.15, -0.1) is 10.2 Å². The standard InChI is InChI=1S/C11H14N4/c1-8-13-14-11(15(8)2)7-9-5-3-4-6-10(9)12/h3-6H,7,12H2,1-2H3. The predicted molar refractivity (Wildman–Crippen MR) is 59.4 cm³/mol. The molecule has 15 heavy (non-hydrogen) atoms. The minimum absolute atomic E-state index is 0.726. The van der Waals surface area contributed by atoms with E-state index in [9.17, 15) is 0 Å². The zero-order valence-corrected chi connectivity index (χ0v) is 8.94. The third kappa shape index (κ3) is 1.83. The summed E-state index contributed by atoms with van der Waals surface area (Å²) >= 11 is 0. The molecule has 0 radical (unpaired) electrons. The summed E-state index contributed by atoms with van der Waals surface area (Å²) in [5.74, 6) is 1.85. The normalized spacial score (nSPS) is 10.5. The maximum Gasteiger partial charge on any atom is 0.137 e. The van der Waals surface area contributed by atoms with Crippen molar-refractivity contribution in [2.45, 2.75) is 13.3 Å². The summed E-state index contributed by atoms with van der Waals surface area (Å²) in [6.07, 6.45) is 0.726. The average Bonchev–Trinajstić information content (AvgIpc) is 2.53. The monoisotopic (exact) mass is 202 g/mol. The Morgan fingerprint density at radius 3 is 2.60 bits per heavy atom. The van der Waals surface area contributed by atoms with Gasteiger partial charge in [0, 0.05) is 19.2 Å². The first-order chi connectivity index (χ1) is 7.18. The number of aromatic nitrogens is 3. The molecule has 1 heterocycles. The number of benzene rings is 1. The highest BCUT2D eigenvalue weighted by Crippen LogP contribution is 2.14. The summed E-state index contributed by atoms with van der Waals surface area (Å²) in [7, 11) is 1.96. The van der Waals surface area contributed by atoms with Crippen LogP contribution in [0.1, 0.15) is 17.2 Å². The maximum absolute atomic E-state index is 5.87. The lowest BCUT2D eigenvalue weighted by Gasteiger charge is -2.04. The molecule has 0 unspecified atom stereocenters. The molecule has 1 aromatic carbocycles. The van der Waals surface area contributed by atoms with Crippen molar-refractivity contribution in [2.24, 2.45) is 7.05 Å². The molecule has 0 fully saturated rings. The number of anilines is 1. The molecule has 0 saturated carbocycles. The second-order valence-corrected chi connectivity index (χ2v) is 3.60. The van der Waals surface area contributed by atoms with E-state index in [1.807, 2.05) is 42.8 Å². The van der Waals surface area contributed by atoms with Crippen molar-refractivity contribution in [2.75, 3.05) is 5.73 Å². The van der Waals surface area contributed by atoms with E-state index in [4.69, 9.17) is 5.73 Å². The van der Waals surface area contributed by atoms with Gasteiger partial charge in [-0.05, 0) is 18.6 Å². The largest absolute Gasteiger partial charge is 0.398 e. The molecule has 78 valence electrons. The van der Waals surface area contributed by atoms with Crippen LogP contribution in [0.25, 0.3) is 0 Å². The van der Waals surface area contributed by atoms with Gasteiger partial charge in [-0.1, -0.05) is 18.2 Å². The Morgan fingerprint density at radius 1 is 1.27 bits per heavy atom. The van der Waals surface area contributed by atoms with Gasteiger partial charge in [0.05, 0.1) is 0 Å². The fourth-order valence-electron chi connectivity index (χ4n) is 1.47.